The largest absolute Gasteiger partial charge is 0.664 e. The minimum atomic E-state index is -3.16. The molecule has 1 aromatic rings. The number of esters is 1. The molecule has 0 radical (unpaired) electrons. The number of hydrogen-bond donors (Lipinski definition) is 1. The van der Waals surface area contributed by atoms with E-state index in [-0.39, 0.29) is 0 Å². The summed E-state index contributed by atoms with van der Waals surface area (Å²) in [5.41, 5.74) is 0. The maximum Gasteiger partial charge on any atom is 0.664 e. The van der Waals surface area contributed by atoms with Gasteiger partial charge in [0.15, 0.2) is 0 Å². The summed E-state index contributed by atoms with van der Waals surface area (Å²) in [5, 5.41) is 1.98. The molecule has 0 fully saturated rings. The monoisotopic (exact) mass is 360 g/mol. The molecule has 128 valence electrons. The van der Waals surface area contributed by atoms with E-state index in [1.54, 1.807) is 13.8 Å². The molecule has 0 aromatic heterocycles. The van der Waals surface area contributed by atoms with Crippen LogP contribution in [0.1, 0.15) is 20.8 Å². The standard InChI is InChI=1S/C12H12F5NO4P/c1-4(2)21-12(19)5(3)18-23(20)22-11-9(16)7(14)6(13)8(15)10(11)17/h4-5H,1-3H3,(H,18,20)/q+1/t5-/m1/s1. The highest BCUT2D eigenvalue weighted by atomic mass is 31.1. The Kier molecular flexibility index (Phi) is 6.40. The van der Waals surface area contributed by atoms with E-state index < -0.39 is 61.1 Å². The van der Waals surface area contributed by atoms with Crippen molar-refractivity contribution in [3.63, 3.8) is 0 Å². The minimum Gasteiger partial charge on any atom is -0.462 e. The van der Waals surface area contributed by atoms with Crippen LogP contribution in [0.4, 0.5) is 22.0 Å². The zero-order valence-corrected chi connectivity index (χ0v) is 13.0. The topological polar surface area (TPSA) is 64.6 Å². The molecule has 11 heteroatoms. The molecule has 1 N–H and O–H groups in total. The molecule has 0 aliphatic carbocycles. The Hall–Kier alpha value is -1.80. The quantitative estimate of drug-likeness (QED) is 0.277. The third-order valence-electron chi connectivity index (χ3n) is 2.35. The van der Waals surface area contributed by atoms with Gasteiger partial charge in [-0.05, 0) is 20.8 Å². The van der Waals surface area contributed by atoms with Gasteiger partial charge in [0.25, 0.3) is 5.75 Å². The van der Waals surface area contributed by atoms with Crippen LogP contribution in [0.25, 0.3) is 0 Å². The molecule has 0 saturated carbocycles. The second kappa shape index (κ2) is 7.65. The maximum atomic E-state index is 13.3. The fraction of sp³-hybridized carbons (Fsp3) is 0.417. The number of benzene rings is 1. The lowest BCUT2D eigenvalue weighted by atomic mass is 10.3. The summed E-state index contributed by atoms with van der Waals surface area (Å²) in [4.78, 5) is 11.4. The third kappa shape index (κ3) is 4.59. The SMILES string of the molecule is CC(C)OC(=O)[C@@H](C)N[P+](=O)Oc1c(F)c(F)c(F)c(F)c1F. The molecule has 0 aliphatic rings. The first kappa shape index (κ1) is 19.2. The van der Waals surface area contributed by atoms with Crippen LogP contribution in [0.3, 0.4) is 0 Å². The molecule has 23 heavy (non-hydrogen) atoms. The van der Waals surface area contributed by atoms with Gasteiger partial charge in [-0.2, -0.15) is 8.78 Å². The van der Waals surface area contributed by atoms with Crippen LogP contribution in [-0.4, -0.2) is 18.1 Å². The van der Waals surface area contributed by atoms with Gasteiger partial charge in [-0.1, -0.05) is 5.09 Å². The summed E-state index contributed by atoms with van der Waals surface area (Å²) in [6, 6.07) is -1.21. The first-order valence-electron chi connectivity index (χ1n) is 6.19. The van der Waals surface area contributed by atoms with Gasteiger partial charge in [-0.3, -0.25) is 4.79 Å². The lowest BCUT2D eigenvalue weighted by Gasteiger charge is -2.10. The van der Waals surface area contributed by atoms with Gasteiger partial charge < -0.3 is 4.74 Å². The Bertz CT molecular complexity index is 611. The number of halogens is 5. The van der Waals surface area contributed by atoms with E-state index >= 15 is 0 Å². The van der Waals surface area contributed by atoms with Crippen molar-refractivity contribution >= 4 is 14.1 Å². The van der Waals surface area contributed by atoms with Gasteiger partial charge >= 0.3 is 14.1 Å². The summed E-state index contributed by atoms with van der Waals surface area (Å²) in [7, 11) is -3.16. The average Bonchev–Trinajstić information content (AvgIpc) is 2.46. The third-order valence-corrected chi connectivity index (χ3v) is 3.29. The van der Waals surface area contributed by atoms with E-state index in [1.165, 1.54) is 6.92 Å². The predicted octanol–water partition coefficient (Wildman–Crippen LogP) is 3.35. The second-order valence-corrected chi connectivity index (χ2v) is 5.54. The molecule has 1 rings (SSSR count). The summed E-state index contributed by atoms with van der Waals surface area (Å²) < 4.78 is 86.0. The zero-order chi connectivity index (χ0) is 17.9. The van der Waals surface area contributed by atoms with Crippen LogP contribution in [0, 0.1) is 29.1 Å². The van der Waals surface area contributed by atoms with E-state index in [0.717, 1.165) is 0 Å². The summed E-state index contributed by atoms with van der Waals surface area (Å²) in [6.07, 6.45) is -0.472. The second-order valence-electron chi connectivity index (χ2n) is 4.58. The summed E-state index contributed by atoms with van der Waals surface area (Å²) >= 11 is 0. The lowest BCUT2D eigenvalue weighted by Crippen LogP contribution is -2.33. The van der Waals surface area contributed by atoms with Crippen LogP contribution >= 0.6 is 8.18 Å². The molecule has 0 amide bonds. The molecular formula is C12H12F5NO4P+. The highest BCUT2D eigenvalue weighted by Gasteiger charge is 2.35. The van der Waals surface area contributed by atoms with Crippen molar-refractivity contribution in [2.24, 2.45) is 0 Å². The lowest BCUT2D eigenvalue weighted by molar-refractivity contribution is -0.148. The summed E-state index contributed by atoms with van der Waals surface area (Å²) in [5.74, 6) is -14.0. The van der Waals surface area contributed by atoms with Gasteiger partial charge in [-0.15, -0.1) is 0 Å². The van der Waals surface area contributed by atoms with Crippen molar-refractivity contribution in [1.29, 1.82) is 0 Å². The molecular weight excluding hydrogens is 348 g/mol. The van der Waals surface area contributed by atoms with Crippen LogP contribution in [0.2, 0.25) is 0 Å². The molecule has 0 heterocycles. The van der Waals surface area contributed by atoms with Crippen LogP contribution in [-0.2, 0) is 14.1 Å². The normalized spacial score (nSPS) is 13.0. The van der Waals surface area contributed by atoms with E-state index in [0.29, 0.717) is 0 Å². The number of hydrogen-bond acceptors (Lipinski definition) is 4. The first-order chi connectivity index (χ1) is 10.6. The van der Waals surface area contributed by atoms with E-state index in [2.05, 4.69) is 4.52 Å². The zero-order valence-electron chi connectivity index (χ0n) is 12.1. The number of rotatable bonds is 6. The molecule has 0 aliphatic heterocycles. The Balaban J connectivity index is 2.89. The van der Waals surface area contributed by atoms with Gasteiger partial charge in [-0.25, -0.2) is 17.7 Å². The van der Waals surface area contributed by atoms with Crippen molar-refractivity contribution in [2.75, 3.05) is 0 Å². The Morgan fingerprint density at radius 3 is 1.83 bits per heavy atom. The Morgan fingerprint density at radius 2 is 1.39 bits per heavy atom. The van der Waals surface area contributed by atoms with Crippen LogP contribution < -0.4 is 9.61 Å². The first-order valence-corrected chi connectivity index (χ1v) is 7.37. The minimum absolute atomic E-state index is 0.472. The summed E-state index contributed by atoms with van der Waals surface area (Å²) in [6.45, 7) is 4.31. The van der Waals surface area contributed by atoms with Gasteiger partial charge in [0.05, 0.1) is 6.10 Å². The number of carbonyl (C=O) groups is 1. The van der Waals surface area contributed by atoms with Gasteiger partial charge in [0, 0.05) is 4.57 Å². The van der Waals surface area contributed by atoms with Crippen molar-refractivity contribution in [3.8, 4) is 5.75 Å². The molecule has 0 saturated heterocycles. The van der Waals surface area contributed by atoms with E-state index in [4.69, 9.17) is 4.74 Å². The predicted molar refractivity (Wildman–Crippen MR) is 68.3 cm³/mol. The van der Waals surface area contributed by atoms with Crippen molar-refractivity contribution < 1.29 is 40.6 Å². The number of nitrogens with one attached hydrogen (secondary N) is 1. The molecule has 1 aromatic carbocycles. The molecule has 0 bridgehead atoms. The fourth-order valence-corrected chi connectivity index (χ4v) is 2.12. The molecule has 0 spiro atoms. The van der Waals surface area contributed by atoms with Crippen molar-refractivity contribution in [3.05, 3.63) is 29.1 Å². The van der Waals surface area contributed by atoms with E-state index in [9.17, 15) is 31.3 Å². The van der Waals surface area contributed by atoms with Gasteiger partial charge in [0.2, 0.25) is 29.1 Å². The van der Waals surface area contributed by atoms with Crippen LogP contribution in [0.15, 0.2) is 0 Å². The maximum absolute atomic E-state index is 13.3. The Labute approximate surface area is 128 Å². The smallest absolute Gasteiger partial charge is 0.462 e. The van der Waals surface area contributed by atoms with Crippen molar-refractivity contribution in [1.82, 2.24) is 5.09 Å². The van der Waals surface area contributed by atoms with E-state index in [1.807, 2.05) is 5.09 Å². The van der Waals surface area contributed by atoms with Gasteiger partial charge in [0.1, 0.15) is 6.04 Å². The molecule has 5 nitrogen and oxygen atoms in total. The van der Waals surface area contributed by atoms with Crippen molar-refractivity contribution in [2.45, 2.75) is 32.9 Å². The highest BCUT2D eigenvalue weighted by Crippen LogP contribution is 2.34. The Morgan fingerprint density at radius 1 is 0.957 bits per heavy atom. The highest BCUT2D eigenvalue weighted by molar-refractivity contribution is 7.37. The fourth-order valence-electron chi connectivity index (χ4n) is 1.32. The number of ether oxygens (including phenoxy) is 1. The number of carbonyl (C=O) groups excluding carboxylic acids is 1. The molecule has 2 atom stereocenters. The average molecular weight is 360 g/mol. The molecule has 1 unspecified atom stereocenters. The van der Waals surface area contributed by atoms with Crippen LogP contribution in [0.5, 0.6) is 5.75 Å².